The molecular formula is C10H17N3OS2. The van der Waals surface area contributed by atoms with Gasteiger partial charge in [0.25, 0.3) is 0 Å². The van der Waals surface area contributed by atoms with Crippen molar-refractivity contribution in [2.45, 2.75) is 25.1 Å². The summed E-state index contributed by atoms with van der Waals surface area (Å²) in [5, 5.41) is 4.41. The monoisotopic (exact) mass is 259 g/mol. The molecule has 1 aliphatic heterocycles. The fourth-order valence-electron chi connectivity index (χ4n) is 1.44. The van der Waals surface area contributed by atoms with Crippen LogP contribution in [0.3, 0.4) is 0 Å². The van der Waals surface area contributed by atoms with Crippen LogP contribution in [0.4, 0.5) is 0 Å². The Morgan fingerprint density at radius 1 is 1.44 bits per heavy atom. The standard InChI is InChI=1S/C10H17N3OS2/c1-6(2)8(11)10-12-9(13-14-10)7-5-15-3-4-16-7/h6-8H,3-5,11H2,1-2H3. The van der Waals surface area contributed by atoms with Gasteiger partial charge in [-0.25, -0.2) is 0 Å². The van der Waals surface area contributed by atoms with E-state index in [9.17, 15) is 0 Å². The van der Waals surface area contributed by atoms with Crippen molar-refractivity contribution in [1.29, 1.82) is 0 Å². The molecule has 0 amide bonds. The maximum Gasteiger partial charge on any atom is 0.243 e. The Bertz CT molecular complexity index is 337. The highest BCUT2D eigenvalue weighted by Crippen LogP contribution is 2.35. The largest absolute Gasteiger partial charge is 0.338 e. The topological polar surface area (TPSA) is 64.9 Å². The molecule has 0 spiro atoms. The van der Waals surface area contributed by atoms with E-state index in [1.54, 1.807) is 0 Å². The zero-order chi connectivity index (χ0) is 11.5. The van der Waals surface area contributed by atoms with Gasteiger partial charge in [-0.3, -0.25) is 0 Å². The lowest BCUT2D eigenvalue weighted by Crippen LogP contribution is -2.17. The van der Waals surface area contributed by atoms with Gasteiger partial charge in [0.15, 0.2) is 5.82 Å². The highest BCUT2D eigenvalue weighted by molar-refractivity contribution is 8.06. The van der Waals surface area contributed by atoms with Crippen LogP contribution in [0.5, 0.6) is 0 Å². The summed E-state index contributed by atoms with van der Waals surface area (Å²) in [6.07, 6.45) is 0. The Morgan fingerprint density at radius 3 is 2.88 bits per heavy atom. The van der Waals surface area contributed by atoms with E-state index in [0.29, 0.717) is 17.1 Å². The normalized spacial score (nSPS) is 23.6. The summed E-state index contributed by atoms with van der Waals surface area (Å²) >= 11 is 3.85. The smallest absolute Gasteiger partial charge is 0.243 e. The summed E-state index contributed by atoms with van der Waals surface area (Å²) in [7, 11) is 0. The van der Waals surface area contributed by atoms with Gasteiger partial charge in [-0.2, -0.15) is 16.7 Å². The van der Waals surface area contributed by atoms with Crippen molar-refractivity contribution in [3.05, 3.63) is 11.7 Å². The molecule has 1 aliphatic rings. The molecule has 0 aromatic carbocycles. The molecule has 2 N–H and O–H groups in total. The first-order chi connectivity index (χ1) is 7.68. The summed E-state index contributed by atoms with van der Waals surface area (Å²) in [4.78, 5) is 4.42. The van der Waals surface area contributed by atoms with Crippen LogP contribution in [-0.2, 0) is 0 Å². The van der Waals surface area contributed by atoms with Crippen molar-refractivity contribution in [2.75, 3.05) is 17.3 Å². The summed E-state index contributed by atoms with van der Waals surface area (Å²) < 4.78 is 5.23. The van der Waals surface area contributed by atoms with Crippen LogP contribution in [0.15, 0.2) is 4.52 Å². The van der Waals surface area contributed by atoms with Crippen LogP contribution in [0.1, 0.15) is 36.9 Å². The minimum absolute atomic E-state index is 0.150. The van der Waals surface area contributed by atoms with Crippen LogP contribution in [0.25, 0.3) is 0 Å². The maximum atomic E-state index is 5.97. The van der Waals surface area contributed by atoms with Crippen molar-refractivity contribution in [3.63, 3.8) is 0 Å². The number of nitrogens with zero attached hydrogens (tertiary/aromatic N) is 2. The highest BCUT2D eigenvalue weighted by Gasteiger charge is 2.24. The number of aromatic nitrogens is 2. The van der Waals surface area contributed by atoms with Gasteiger partial charge in [0.05, 0.1) is 11.3 Å². The van der Waals surface area contributed by atoms with E-state index < -0.39 is 0 Å². The zero-order valence-electron chi connectivity index (χ0n) is 9.55. The van der Waals surface area contributed by atoms with E-state index >= 15 is 0 Å². The third kappa shape index (κ3) is 2.73. The third-order valence-electron chi connectivity index (χ3n) is 2.56. The SMILES string of the molecule is CC(C)C(N)c1nc(C2CSCCS2)no1. The van der Waals surface area contributed by atoms with Crippen molar-refractivity contribution in [3.8, 4) is 0 Å². The van der Waals surface area contributed by atoms with Crippen LogP contribution >= 0.6 is 23.5 Å². The summed E-state index contributed by atoms with van der Waals surface area (Å²) in [5.41, 5.74) is 5.97. The van der Waals surface area contributed by atoms with Crippen molar-refractivity contribution >= 4 is 23.5 Å². The molecule has 0 saturated carbocycles. The Balaban J connectivity index is 2.06. The van der Waals surface area contributed by atoms with E-state index in [0.717, 1.165) is 17.3 Å². The molecule has 2 atom stereocenters. The summed E-state index contributed by atoms with van der Waals surface area (Å²) in [6, 6.07) is -0.150. The third-order valence-corrected chi connectivity index (χ3v) is 5.32. The van der Waals surface area contributed by atoms with E-state index in [1.807, 2.05) is 23.5 Å². The molecule has 2 heterocycles. The molecule has 4 nitrogen and oxygen atoms in total. The predicted octanol–water partition coefficient (Wildman–Crippen LogP) is 2.25. The fourth-order valence-corrected chi connectivity index (χ4v) is 4.02. The summed E-state index contributed by atoms with van der Waals surface area (Å²) in [6.45, 7) is 4.11. The van der Waals surface area contributed by atoms with Crippen LogP contribution in [-0.4, -0.2) is 27.4 Å². The molecule has 16 heavy (non-hydrogen) atoms. The zero-order valence-corrected chi connectivity index (χ0v) is 11.2. The van der Waals surface area contributed by atoms with Gasteiger partial charge in [-0.05, 0) is 5.92 Å². The highest BCUT2D eigenvalue weighted by atomic mass is 32.2. The van der Waals surface area contributed by atoms with Gasteiger partial charge >= 0.3 is 0 Å². The van der Waals surface area contributed by atoms with Crippen molar-refractivity contribution in [1.82, 2.24) is 10.1 Å². The lowest BCUT2D eigenvalue weighted by molar-refractivity contribution is 0.322. The lowest BCUT2D eigenvalue weighted by Gasteiger charge is -2.17. The van der Waals surface area contributed by atoms with Gasteiger partial charge < -0.3 is 10.3 Å². The van der Waals surface area contributed by atoms with E-state index in [1.165, 1.54) is 5.75 Å². The molecule has 0 bridgehead atoms. The second-order valence-electron chi connectivity index (χ2n) is 4.19. The quantitative estimate of drug-likeness (QED) is 0.898. The Labute approximate surface area is 104 Å². The predicted molar refractivity (Wildman–Crippen MR) is 68.6 cm³/mol. The Hall–Kier alpha value is -0.200. The molecule has 1 aromatic rings. The fraction of sp³-hybridized carbons (Fsp3) is 0.800. The number of rotatable bonds is 3. The molecule has 90 valence electrons. The second kappa shape index (κ2) is 5.42. The first-order valence-corrected chi connectivity index (χ1v) is 7.67. The molecule has 2 rings (SSSR count). The first kappa shape index (κ1) is 12.3. The van der Waals surface area contributed by atoms with Crippen molar-refractivity contribution in [2.24, 2.45) is 11.7 Å². The second-order valence-corrected chi connectivity index (χ2v) is 6.66. The minimum Gasteiger partial charge on any atom is -0.338 e. The van der Waals surface area contributed by atoms with Gasteiger partial charge in [0.2, 0.25) is 5.89 Å². The minimum atomic E-state index is -0.150. The van der Waals surface area contributed by atoms with Crippen LogP contribution < -0.4 is 5.73 Å². The Kier molecular flexibility index (Phi) is 4.16. The van der Waals surface area contributed by atoms with E-state index in [-0.39, 0.29) is 6.04 Å². The average molecular weight is 259 g/mol. The molecule has 0 aliphatic carbocycles. The molecule has 1 saturated heterocycles. The Morgan fingerprint density at radius 2 is 2.25 bits per heavy atom. The van der Waals surface area contributed by atoms with Crippen molar-refractivity contribution < 1.29 is 4.52 Å². The van der Waals surface area contributed by atoms with Crippen LogP contribution in [0.2, 0.25) is 0 Å². The number of nitrogens with two attached hydrogens (primary N) is 1. The number of hydrogen-bond donors (Lipinski definition) is 1. The average Bonchev–Trinajstić information content (AvgIpc) is 2.78. The van der Waals surface area contributed by atoms with Gasteiger partial charge in [-0.1, -0.05) is 19.0 Å². The van der Waals surface area contributed by atoms with Gasteiger partial charge in [0, 0.05) is 17.3 Å². The molecule has 1 fully saturated rings. The molecule has 2 unspecified atom stereocenters. The first-order valence-electron chi connectivity index (χ1n) is 5.47. The van der Waals surface area contributed by atoms with E-state index in [2.05, 4.69) is 24.0 Å². The molecular weight excluding hydrogens is 242 g/mol. The van der Waals surface area contributed by atoms with Crippen LogP contribution in [0, 0.1) is 5.92 Å². The number of hydrogen-bond acceptors (Lipinski definition) is 6. The molecule has 1 aromatic heterocycles. The van der Waals surface area contributed by atoms with E-state index in [4.69, 9.17) is 10.3 Å². The lowest BCUT2D eigenvalue weighted by atomic mass is 10.1. The van der Waals surface area contributed by atoms with Gasteiger partial charge in [0.1, 0.15) is 0 Å². The number of thioether (sulfide) groups is 2. The van der Waals surface area contributed by atoms with Gasteiger partial charge in [-0.15, -0.1) is 11.8 Å². The maximum absolute atomic E-state index is 5.97. The molecule has 0 radical (unpaired) electrons. The summed E-state index contributed by atoms with van der Waals surface area (Å²) in [5.74, 6) is 5.15. The molecule has 6 heteroatoms.